The van der Waals surface area contributed by atoms with E-state index in [1.165, 1.54) is 36.6 Å². The van der Waals surface area contributed by atoms with Crippen molar-refractivity contribution in [1.29, 1.82) is 0 Å². The molecule has 4 rings (SSSR count). The number of nitrogens with one attached hydrogen (secondary N) is 1. The summed E-state index contributed by atoms with van der Waals surface area (Å²) >= 11 is 0. The Bertz CT molecular complexity index is 1630. The highest BCUT2D eigenvalue weighted by Crippen LogP contribution is 2.25. The molecule has 39 heavy (non-hydrogen) atoms. The summed E-state index contributed by atoms with van der Waals surface area (Å²) in [7, 11) is 0. The third kappa shape index (κ3) is 6.26. The van der Waals surface area contributed by atoms with E-state index in [4.69, 9.17) is 10.5 Å². The molecule has 3 N–H and O–H groups in total. The first-order chi connectivity index (χ1) is 18.4. The average molecular weight is 544 g/mol. The van der Waals surface area contributed by atoms with Crippen LogP contribution in [0.15, 0.2) is 76.4 Å². The molecule has 0 saturated carbocycles. The molecule has 204 valence electrons. The fourth-order valence-corrected chi connectivity index (χ4v) is 3.65. The number of nitrogens with zero attached hydrogens (tertiary/aromatic N) is 3. The molecule has 1 amide bonds. The number of halogens is 3. The molecule has 0 aliphatic carbocycles. The first-order valence-corrected chi connectivity index (χ1v) is 11.6. The molecule has 0 atom stereocenters. The third-order valence-corrected chi connectivity index (χ3v) is 5.78. The van der Waals surface area contributed by atoms with Gasteiger partial charge in [-0.05, 0) is 56.3 Å². The highest BCUT2D eigenvalue weighted by molar-refractivity contribution is 5.92. The normalized spacial score (nSPS) is 11.9. The van der Waals surface area contributed by atoms with Crippen molar-refractivity contribution in [3.63, 3.8) is 0 Å². The van der Waals surface area contributed by atoms with Crippen LogP contribution < -0.4 is 26.9 Å². The lowest BCUT2D eigenvalue weighted by atomic mass is 10.1. The Morgan fingerprint density at radius 3 is 2.28 bits per heavy atom. The van der Waals surface area contributed by atoms with Crippen LogP contribution in [0.2, 0.25) is 0 Å². The van der Waals surface area contributed by atoms with Gasteiger partial charge in [0.2, 0.25) is 5.91 Å². The molecule has 0 radical (unpaired) electrons. The summed E-state index contributed by atoms with van der Waals surface area (Å²) in [5, 5.41) is 8.02. The molecule has 2 aromatic heterocycles. The van der Waals surface area contributed by atoms with Crippen LogP contribution in [0, 0.1) is 0 Å². The number of nitrogens with two attached hydrogens (primary N) is 1. The molecule has 0 aliphatic rings. The fraction of sp³-hybridized carbons (Fsp3) is 0.231. The van der Waals surface area contributed by atoms with E-state index in [0.717, 1.165) is 16.8 Å². The van der Waals surface area contributed by atoms with Gasteiger partial charge in [0.25, 0.3) is 11.1 Å². The van der Waals surface area contributed by atoms with Crippen LogP contribution in [0.3, 0.4) is 0 Å². The van der Waals surface area contributed by atoms with Gasteiger partial charge >= 0.3 is 6.36 Å². The summed E-state index contributed by atoms with van der Waals surface area (Å²) < 4.78 is 49.4. The maximum Gasteiger partial charge on any atom is 0.573 e. The van der Waals surface area contributed by atoms with Crippen LogP contribution in [-0.4, -0.2) is 38.8 Å². The Morgan fingerprint density at radius 1 is 0.974 bits per heavy atom. The van der Waals surface area contributed by atoms with Crippen molar-refractivity contribution >= 4 is 28.2 Å². The number of carbonyl (C=O) groups excluding carboxylic acids is 1. The van der Waals surface area contributed by atoms with Gasteiger partial charge in [-0.15, -0.1) is 18.3 Å². The van der Waals surface area contributed by atoms with Crippen molar-refractivity contribution in [2.45, 2.75) is 32.4 Å². The van der Waals surface area contributed by atoms with Gasteiger partial charge in [0.1, 0.15) is 17.0 Å². The van der Waals surface area contributed by atoms with Crippen LogP contribution in [0.5, 0.6) is 5.75 Å². The molecular weight excluding hydrogens is 519 g/mol. The van der Waals surface area contributed by atoms with Gasteiger partial charge in [0, 0.05) is 18.1 Å². The highest BCUT2D eigenvalue weighted by atomic mass is 19.4. The fourth-order valence-electron chi connectivity index (χ4n) is 3.65. The Morgan fingerprint density at radius 2 is 1.64 bits per heavy atom. The van der Waals surface area contributed by atoms with E-state index in [9.17, 15) is 27.6 Å². The van der Waals surface area contributed by atoms with Crippen LogP contribution in [0.25, 0.3) is 16.5 Å². The zero-order valence-electron chi connectivity index (χ0n) is 20.9. The molecule has 4 aromatic rings. The number of amides is 1. The summed E-state index contributed by atoms with van der Waals surface area (Å²) in [6.45, 7) is 3.22. The van der Waals surface area contributed by atoms with Crippen molar-refractivity contribution in [2.24, 2.45) is 5.73 Å². The van der Waals surface area contributed by atoms with E-state index in [2.05, 4.69) is 15.2 Å². The van der Waals surface area contributed by atoms with Crippen molar-refractivity contribution < 1.29 is 27.4 Å². The quantitative estimate of drug-likeness (QED) is 0.331. The van der Waals surface area contributed by atoms with Gasteiger partial charge in [-0.3, -0.25) is 14.4 Å². The topological polar surface area (TPSA) is 130 Å². The maximum absolute atomic E-state index is 13.2. The molecular formula is C26H24F3N5O5. The van der Waals surface area contributed by atoms with Gasteiger partial charge in [-0.2, -0.15) is 4.68 Å². The summed E-state index contributed by atoms with van der Waals surface area (Å²) in [5.74, 6) is -0.922. The van der Waals surface area contributed by atoms with E-state index in [1.54, 1.807) is 36.5 Å². The number of carbonyl (C=O) groups is 1. The Labute approximate surface area is 219 Å². The largest absolute Gasteiger partial charge is 0.573 e. The minimum Gasteiger partial charge on any atom is -0.406 e. The number of aromatic nitrogens is 3. The first kappa shape index (κ1) is 27.4. The van der Waals surface area contributed by atoms with Crippen molar-refractivity contribution in [1.82, 2.24) is 14.3 Å². The van der Waals surface area contributed by atoms with Gasteiger partial charge < -0.3 is 25.1 Å². The molecule has 0 spiro atoms. The number of alkyl halides is 3. The zero-order valence-corrected chi connectivity index (χ0v) is 20.9. The lowest BCUT2D eigenvalue weighted by molar-refractivity contribution is -0.274. The van der Waals surface area contributed by atoms with Gasteiger partial charge in [0.15, 0.2) is 5.82 Å². The lowest BCUT2D eigenvalue weighted by Gasteiger charge is -2.21. The first-order valence-electron chi connectivity index (χ1n) is 11.6. The molecule has 0 unspecified atom stereocenters. The molecule has 2 aromatic carbocycles. The second-order valence-electron chi connectivity index (χ2n) is 8.92. The minimum atomic E-state index is -4.86. The number of pyridine rings is 1. The Hall–Kier alpha value is -4.65. The number of hydrogen-bond donors (Lipinski definition) is 2. The SMILES string of the molecule is CC(C)(OCCn1cccc(Nc2nn(-c3ccc(OC(F)(F)F)cc3)c(=O)c3ccccc23)c1=O)C(N)=O. The number of anilines is 2. The standard InChI is InChI=1S/C26H24F3N5O5/c1-25(2,24(30)37)38-15-14-33-13-5-8-20(23(33)36)31-21-18-6-3-4-7-19(18)22(35)34(32-21)16-9-11-17(12-10-16)39-26(27,28)29/h3-13H,14-15H2,1-2H3,(H2,30,37)(H,31,32). The molecule has 10 nitrogen and oxygen atoms in total. The predicted molar refractivity (Wildman–Crippen MR) is 137 cm³/mol. The summed E-state index contributed by atoms with van der Waals surface area (Å²) in [6.07, 6.45) is -3.31. The highest BCUT2D eigenvalue weighted by Gasteiger charge is 2.31. The predicted octanol–water partition coefficient (Wildman–Crippen LogP) is 3.47. The van der Waals surface area contributed by atoms with E-state index in [1.807, 2.05) is 0 Å². The van der Waals surface area contributed by atoms with Gasteiger partial charge in [-0.25, -0.2) is 0 Å². The van der Waals surface area contributed by atoms with Crippen molar-refractivity contribution in [3.8, 4) is 11.4 Å². The summed E-state index contributed by atoms with van der Waals surface area (Å²) in [6, 6.07) is 14.4. The third-order valence-electron chi connectivity index (χ3n) is 5.78. The second-order valence-corrected chi connectivity index (χ2v) is 8.92. The molecule has 2 heterocycles. The second kappa shape index (κ2) is 10.6. The van der Waals surface area contributed by atoms with E-state index in [0.29, 0.717) is 5.39 Å². The molecule has 0 saturated heterocycles. The average Bonchev–Trinajstić information content (AvgIpc) is 2.87. The minimum absolute atomic E-state index is 0.0411. The van der Waals surface area contributed by atoms with Crippen molar-refractivity contribution in [2.75, 3.05) is 11.9 Å². The smallest absolute Gasteiger partial charge is 0.406 e. The summed E-state index contributed by atoms with van der Waals surface area (Å²) in [5.41, 5.74) is 3.50. The van der Waals surface area contributed by atoms with Gasteiger partial charge in [-0.1, -0.05) is 18.2 Å². The number of rotatable bonds is 9. The summed E-state index contributed by atoms with van der Waals surface area (Å²) in [4.78, 5) is 37.7. The monoisotopic (exact) mass is 543 g/mol. The molecule has 0 aliphatic heterocycles. The number of benzene rings is 2. The van der Waals surface area contributed by atoms with Crippen LogP contribution in [0.4, 0.5) is 24.7 Å². The van der Waals surface area contributed by atoms with E-state index >= 15 is 0 Å². The van der Waals surface area contributed by atoms with E-state index in [-0.39, 0.29) is 35.7 Å². The zero-order chi connectivity index (χ0) is 28.4. The number of fused-ring (bicyclic) bond motifs is 1. The van der Waals surface area contributed by atoms with E-state index < -0.39 is 34.7 Å². The number of primary amides is 1. The van der Waals surface area contributed by atoms with Crippen LogP contribution in [-0.2, 0) is 16.1 Å². The van der Waals surface area contributed by atoms with Crippen molar-refractivity contribution in [3.05, 3.63) is 87.6 Å². The Kier molecular flexibility index (Phi) is 7.45. The molecule has 0 fully saturated rings. The van der Waals surface area contributed by atoms with Gasteiger partial charge in [0.05, 0.1) is 17.7 Å². The number of hydrogen-bond acceptors (Lipinski definition) is 7. The lowest BCUT2D eigenvalue weighted by Crippen LogP contribution is -2.41. The van der Waals surface area contributed by atoms with Crippen LogP contribution in [0.1, 0.15) is 13.8 Å². The molecule has 0 bridgehead atoms. The molecule has 13 heteroatoms. The Balaban J connectivity index is 1.68. The maximum atomic E-state index is 13.2. The number of ether oxygens (including phenoxy) is 2. The van der Waals surface area contributed by atoms with Crippen LogP contribution >= 0.6 is 0 Å².